The lowest BCUT2D eigenvalue weighted by atomic mass is 9.89. The Morgan fingerprint density at radius 2 is 2.00 bits per heavy atom. The summed E-state index contributed by atoms with van der Waals surface area (Å²) in [5.74, 6) is -3.89. The Labute approximate surface area is 165 Å². The second kappa shape index (κ2) is 7.00. The molecule has 3 heterocycles. The summed E-state index contributed by atoms with van der Waals surface area (Å²) < 4.78 is 73.2. The highest BCUT2D eigenvalue weighted by Gasteiger charge is 2.43. The van der Waals surface area contributed by atoms with E-state index in [2.05, 4.69) is 20.1 Å². The summed E-state index contributed by atoms with van der Waals surface area (Å²) in [7, 11) is 0. The highest BCUT2D eigenvalue weighted by molar-refractivity contribution is 5.90. The Bertz CT molecular complexity index is 1090. The van der Waals surface area contributed by atoms with Crippen molar-refractivity contribution in [2.24, 2.45) is 0 Å². The van der Waals surface area contributed by atoms with Crippen molar-refractivity contribution in [2.75, 3.05) is 5.73 Å². The maximum absolute atomic E-state index is 13.9. The van der Waals surface area contributed by atoms with Gasteiger partial charge in [0.15, 0.2) is 5.65 Å². The van der Waals surface area contributed by atoms with Crippen LogP contribution in [0.15, 0.2) is 24.7 Å². The maximum atomic E-state index is 13.9. The van der Waals surface area contributed by atoms with Gasteiger partial charge in [0.1, 0.15) is 17.5 Å². The normalized spacial score (nSPS) is 21.7. The third-order valence-corrected chi connectivity index (χ3v) is 4.82. The first kappa shape index (κ1) is 20.2. The third kappa shape index (κ3) is 3.72. The van der Waals surface area contributed by atoms with Gasteiger partial charge in [0.2, 0.25) is 11.8 Å². The molecule has 1 saturated carbocycles. The van der Waals surface area contributed by atoms with Crippen molar-refractivity contribution in [3.05, 3.63) is 30.2 Å². The van der Waals surface area contributed by atoms with Gasteiger partial charge in [-0.3, -0.25) is 0 Å². The van der Waals surface area contributed by atoms with E-state index in [1.807, 2.05) is 0 Å². The fourth-order valence-corrected chi connectivity index (χ4v) is 3.35. The lowest BCUT2D eigenvalue weighted by molar-refractivity contribution is -0.137. The van der Waals surface area contributed by atoms with Gasteiger partial charge in [-0.1, -0.05) is 0 Å². The van der Waals surface area contributed by atoms with Crippen molar-refractivity contribution in [3.8, 4) is 11.8 Å². The number of aliphatic hydroxyl groups excluding tert-OH is 1. The first-order valence-electron chi connectivity index (χ1n) is 8.81. The van der Waals surface area contributed by atoms with Gasteiger partial charge in [0, 0.05) is 25.1 Å². The molecule has 8 nitrogen and oxygen atoms in total. The van der Waals surface area contributed by atoms with Gasteiger partial charge in [0.25, 0.3) is 5.88 Å². The molecule has 160 valence electrons. The van der Waals surface area contributed by atoms with Gasteiger partial charge in [0.05, 0.1) is 17.7 Å². The van der Waals surface area contributed by atoms with Crippen LogP contribution in [0.25, 0.3) is 11.0 Å². The van der Waals surface area contributed by atoms with Crippen LogP contribution in [0.2, 0.25) is 0 Å². The average molecular weight is 430 g/mol. The average Bonchev–Trinajstić information content (AvgIpc) is 3.03. The van der Waals surface area contributed by atoms with Crippen LogP contribution >= 0.6 is 0 Å². The largest absolute Gasteiger partial charge is 0.418 e. The van der Waals surface area contributed by atoms with E-state index >= 15 is 0 Å². The number of hydrogen-bond donors (Lipinski definition) is 2. The smallest absolute Gasteiger partial charge is 0.416 e. The number of nitrogen functional groups attached to an aromatic ring is 1. The summed E-state index contributed by atoms with van der Waals surface area (Å²) in [6.45, 7) is 0. The van der Waals surface area contributed by atoms with Crippen molar-refractivity contribution in [2.45, 2.75) is 43.5 Å². The van der Waals surface area contributed by atoms with Crippen LogP contribution in [0.5, 0.6) is 11.8 Å². The van der Waals surface area contributed by atoms with Crippen molar-refractivity contribution < 1.29 is 31.8 Å². The molecule has 0 bridgehead atoms. The van der Waals surface area contributed by atoms with E-state index in [1.54, 1.807) is 0 Å². The van der Waals surface area contributed by atoms with E-state index in [-0.39, 0.29) is 29.2 Å². The van der Waals surface area contributed by atoms with Crippen LogP contribution in [-0.4, -0.2) is 41.9 Å². The Balaban J connectivity index is 1.79. The molecule has 3 aromatic rings. The Kier molecular flexibility index (Phi) is 4.71. The number of nitrogens with zero attached hydrogens (tertiary/aromatic N) is 5. The second-order valence-corrected chi connectivity index (χ2v) is 6.92. The molecule has 0 radical (unpaired) electrons. The Morgan fingerprint density at radius 1 is 1.23 bits per heavy atom. The summed E-state index contributed by atoms with van der Waals surface area (Å²) in [6, 6.07) is 0.285. The fraction of sp³-hybridized carbons (Fsp3) is 0.412. The van der Waals surface area contributed by atoms with Gasteiger partial charge in [-0.25, -0.2) is 28.4 Å². The molecule has 3 N–H and O–H groups in total. The van der Waals surface area contributed by atoms with Gasteiger partial charge < -0.3 is 15.6 Å². The number of pyridine rings is 1. The molecule has 2 unspecified atom stereocenters. The number of halogens is 5. The molecule has 30 heavy (non-hydrogen) atoms. The van der Waals surface area contributed by atoms with Crippen molar-refractivity contribution in [1.82, 2.24) is 24.7 Å². The molecular formula is C17H15F5N6O2. The van der Waals surface area contributed by atoms with Gasteiger partial charge in [-0.2, -0.15) is 13.2 Å². The summed E-state index contributed by atoms with van der Waals surface area (Å²) in [6.07, 6.45) is -5.11. The van der Waals surface area contributed by atoms with E-state index in [4.69, 9.17) is 10.5 Å². The monoisotopic (exact) mass is 430 g/mol. The van der Waals surface area contributed by atoms with Crippen LogP contribution in [0.4, 0.5) is 27.8 Å². The highest BCUT2D eigenvalue weighted by atomic mass is 19.4. The lowest BCUT2D eigenvalue weighted by Gasteiger charge is -2.33. The molecule has 13 heteroatoms. The molecule has 2 atom stereocenters. The van der Waals surface area contributed by atoms with E-state index in [9.17, 15) is 27.1 Å². The number of hydrogen-bond acceptors (Lipinski definition) is 7. The second-order valence-electron chi connectivity index (χ2n) is 6.92. The standard InChI is InChI=1S/C17H15F5N6O2/c18-16(19)3-1-10(29)9(6-16)28-14-12(13(23)25-7-26-14)15(27-28)30-11-5-8(2-4-24-11)17(20,21)22/h2,4-5,7,9-10,29H,1,3,6H2,(H2,23,25,26). The van der Waals surface area contributed by atoms with Crippen LogP contribution in [-0.2, 0) is 6.18 Å². The van der Waals surface area contributed by atoms with Crippen molar-refractivity contribution in [3.63, 3.8) is 0 Å². The number of fused-ring (bicyclic) bond motifs is 1. The topological polar surface area (TPSA) is 112 Å². The quantitative estimate of drug-likeness (QED) is 0.613. The summed E-state index contributed by atoms with van der Waals surface area (Å²) in [5, 5.41) is 14.3. The SMILES string of the molecule is Nc1ncnc2c1c(Oc1cc(C(F)(F)F)ccn1)nn2C1CC(F)(F)CCC1O. The molecule has 3 aromatic heterocycles. The van der Waals surface area contributed by atoms with E-state index in [1.165, 1.54) is 0 Å². The highest BCUT2D eigenvalue weighted by Crippen LogP contribution is 2.42. The zero-order valence-electron chi connectivity index (χ0n) is 15.1. The van der Waals surface area contributed by atoms with E-state index in [0.29, 0.717) is 6.07 Å². The molecule has 1 fully saturated rings. The van der Waals surface area contributed by atoms with Crippen LogP contribution in [0.1, 0.15) is 30.9 Å². The number of alkyl halides is 5. The predicted octanol–water partition coefficient (Wildman–Crippen LogP) is 3.34. The minimum Gasteiger partial charge on any atom is -0.418 e. The number of ether oxygens (including phenoxy) is 1. The van der Waals surface area contributed by atoms with Crippen LogP contribution < -0.4 is 10.5 Å². The lowest BCUT2D eigenvalue weighted by Crippen LogP contribution is -2.37. The predicted molar refractivity (Wildman–Crippen MR) is 92.9 cm³/mol. The number of aliphatic hydroxyl groups is 1. The first-order chi connectivity index (χ1) is 14.0. The molecule has 1 aliphatic rings. The zero-order valence-corrected chi connectivity index (χ0v) is 15.1. The summed E-state index contributed by atoms with van der Waals surface area (Å²) in [4.78, 5) is 11.5. The number of nitrogens with two attached hydrogens (primary N) is 1. The minimum absolute atomic E-state index is 0.00576. The first-order valence-corrected chi connectivity index (χ1v) is 8.81. The van der Waals surface area contributed by atoms with Crippen molar-refractivity contribution >= 4 is 16.9 Å². The zero-order chi connectivity index (χ0) is 21.7. The molecular weight excluding hydrogens is 415 g/mol. The molecule has 0 aromatic carbocycles. The molecule has 0 spiro atoms. The van der Waals surface area contributed by atoms with Crippen LogP contribution in [0.3, 0.4) is 0 Å². The number of aromatic nitrogens is 5. The molecule has 4 rings (SSSR count). The van der Waals surface area contributed by atoms with E-state index < -0.39 is 48.5 Å². The molecule has 0 amide bonds. The van der Waals surface area contributed by atoms with E-state index in [0.717, 1.165) is 23.3 Å². The Morgan fingerprint density at radius 3 is 2.73 bits per heavy atom. The maximum Gasteiger partial charge on any atom is 0.416 e. The molecule has 0 aliphatic heterocycles. The molecule has 1 aliphatic carbocycles. The van der Waals surface area contributed by atoms with Gasteiger partial charge in [-0.05, 0) is 12.5 Å². The van der Waals surface area contributed by atoms with Gasteiger partial charge in [-0.15, -0.1) is 5.10 Å². The van der Waals surface area contributed by atoms with Gasteiger partial charge >= 0.3 is 6.18 Å². The van der Waals surface area contributed by atoms with Crippen LogP contribution in [0, 0.1) is 0 Å². The number of anilines is 1. The number of rotatable bonds is 3. The molecule has 0 saturated heterocycles. The summed E-state index contributed by atoms with van der Waals surface area (Å²) >= 11 is 0. The minimum atomic E-state index is -4.62. The van der Waals surface area contributed by atoms with Crippen molar-refractivity contribution in [1.29, 1.82) is 0 Å². The third-order valence-electron chi connectivity index (χ3n) is 4.82. The Hall–Kier alpha value is -3.09. The fourth-order valence-electron chi connectivity index (χ4n) is 3.35. The summed E-state index contributed by atoms with van der Waals surface area (Å²) in [5.41, 5.74) is 4.85.